The van der Waals surface area contributed by atoms with Crippen LogP contribution in [0.4, 0.5) is 10.5 Å². The van der Waals surface area contributed by atoms with Crippen LogP contribution in [-0.2, 0) is 9.59 Å². The molecule has 4 amide bonds. The molecule has 2 atom stereocenters. The van der Waals surface area contributed by atoms with Gasteiger partial charge in [0.05, 0.1) is 13.2 Å². The van der Waals surface area contributed by atoms with Crippen molar-refractivity contribution in [3.8, 4) is 5.75 Å². The number of carbonyl (C=O) groups excluding carboxylic acids is 3. The third kappa shape index (κ3) is 4.58. The van der Waals surface area contributed by atoms with Crippen molar-refractivity contribution in [3.05, 3.63) is 59.7 Å². The molecule has 0 bridgehead atoms. The fourth-order valence-corrected chi connectivity index (χ4v) is 4.72. The van der Waals surface area contributed by atoms with E-state index in [0.29, 0.717) is 12.2 Å². The molecule has 0 N–H and O–H groups in total. The lowest BCUT2D eigenvalue weighted by atomic mass is 10.0. The molecule has 0 aliphatic carbocycles. The Kier molecular flexibility index (Phi) is 6.67. The summed E-state index contributed by atoms with van der Waals surface area (Å²) in [6.07, 6.45) is 3.84. The number of hydrogen-bond acceptors (Lipinski definition) is 4. The normalized spacial score (nSPS) is 21.4. The predicted octanol–water partition coefficient (Wildman–Crippen LogP) is 4.30. The summed E-state index contributed by atoms with van der Waals surface area (Å²) in [7, 11) is 1.63. The highest BCUT2D eigenvalue weighted by atomic mass is 16.5. The summed E-state index contributed by atoms with van der Waals surface area (Å²) in [6.45, 7) is 4.05. The van der Waals surface area contributed by atoms with Crippen molar-refractivity contribution >= 4 is 23.5 Å². The van der Waals surface area contributed by atoms with Crippen molar-refractivity contribution in [2.45, 2.75) is 51.6 Å². The monoisotopic (exact) mass is 449 g/mol. The minimum absolute atomic E-state index is 0.0793. The summed E-state index contributed by atoms with van der Waals surface area (Å²) in [4.78, 5) is 44.0. The van der Waals surface area contributed by atoms with E-state index >= 15 is 0 Å². The number of benzene rings is 2. The van der Waals surface area contributed by atoms with Gasteiger partial charge in [-0.2, -0.15) is 0 Å². The fourth-order valence-electron chi connectivity index (χ4n) is 4.72. The number of hydrogen-bond donors (Lipinski definition) is 0. The predicted molar refractivity (Wildman–Crippen MR) is 126 cm³/mol. The molecular formula is C26H31N3O4. The van der Waals surface area contributed by atoms with Crippen LogP contribution in [0, 0.1) is 6.92 Å². The van der Waals surface area contributed by atoms with Crippen LogP contribution in [-0.4, -0.2) is 53.9 Å². The number of aryl methyl sites for hydroxylation is 1. The van der Waals surface area contributed by atoms with Crippen LogP contribution >= 0.6 is 0 Å². The highest BCUT2D eigenvalue weighted by Gasteiger charge is 2.45. The average molecular weight is 450 g/mol. The number of imide groups is 1. The summed E-state index contributed by atoms with van der Waals surface area (Å²) in [5.74, 6) is 0.228. The number of nitrogens with zero attached hydrogens (tertiary/aromatic N) is 3. The Morgan fingerprint density at radius 3 is 2.36 bits per heavy atom. The van der Waals surface area contributed by atoms with Gasteiger partial charge in [0.2, 0.25) is 5.91 Å². The smallest absolute Gasteiger partial charge is 0.332 e. The minimum Gasteiger partial charge on any atom is -0.497 e. The number of likely N-dealkylation sites (tertiary alicyclic amines) is 1. The Hall–Kier alpha value is -3.35. The maximum atomic E-state index is 13.4. The molecule has 7 nitrogen and oxygen atoms in total. The van der Waals surface area contributed by atoms with E-state index in [0.717, 1.165) is 47.5 Å². The van der Waals surface area contributed by atoms with Gasteiger partial charge < -0.3 is 9.64 Å². The van der Waals surface area contributed by atoms with E-state index < -0.39 is 12.1 Å². The number of rotatable bonds is 5. The van der Waals surface area contributed by atoms with E-state index in [2.05, 4.69) is 0 Å². The summed E-state index contributed by atoms with van der Waals surface area (Å²) in [5.41, 5.74) is 2.77. The molecule has 4 rings (SSSR count). The fraction of sp³-hybridized carbons (Fsp3) is 0.423. The molecule has 0 unspecified atom stereocenters. The van der Waals surface area contributed by atoms with E-state index in [-0.39, 0.29) is 24.4 Å². The molecule has 0 aromatic heterocycles. The molecular weight excluding hydrogens is 418 g/mol. The van der Waals surface area contributed by atoms with Gasteiger partial charge in [-0.25, -0.2) is 4.79 Å². The maximum Gasteiger partial charge on any atom is 0.332 e. The molecule has 2 fully saturated rings. The number of methoxy groups -OCH3 is 1. The third-order valence-electron chi connectivity index (χ3n) is 6.63. The second-order valence-electron chi connectivity index (χ2n) is 8.81. The number of amides is 4. The lowest BCUT2D eigenvalue weighted by molar-refractivity contribution is -0.138. The minimum atomic E-state index is -0.644. The first-order chi connectivity index (χ1) is 15.9. The summed E-state index contributed by atoms with van der Waals surface area (Å²) in [6, 6.07) is 14.1. The third-order valence-corrected chi connectivity index (χ3v) is 6.63. The van der Waals surface area contributed by atoms with Crippen LogP contribution < -0.4 is 9.64 Å². The van der Waals surface area contributed by atoms with Crippen molar-refractivity contribution in [2.24, 2.45) is 0 Å². The van der Waals surface area contributed by atoms with Gasteiger partial charge in [0.1, 0.15) is 18.3 Å². The molecule has 2 heterocycles. The van der Waals surface area contributed by atoms with Crippen LogP contribution in [0.25, 0.3) is 0 Å². The molecule has 2 aromatic carbocycles. The van der Waals surface area contributed by atoms with Crippen LogP contribution in [0.5, 0.6) is 5.75 Å². The zero-order valence-electron chi connectivity index (χ0n) is 19.5. The maximum absolute atomic E-state index is 13.4. The molecule has 33 heavy (non-hydrogen) atoms. The van der Waals surface area contributed by atoms with E-state index in [1.54, 1.807) is 14.0 Å². The largest absolute Gasteiger partial charge is 0.497 e. The van der Waals surface area contributed by atoms with Crippen molar-refractivity contribution in [2.75, 3.05) is 25.1 Å². The molecule has 0 radical (unpaired) electrons. The number of urea groups is 1. The lowest BCUT2D eigenvalue weighted by Gasteiger charge is -2.31. The number of ether oxygens (including phenoxy) is 1. The van der Waals surface area contributed by atoms with Gasteiger partial charge in [0.15, 0.2) is 0 Å². The molecule has 174 valence electrons. The molecule has 2 saturated heterocycles. The van der Waals surface area contributed by atoms with Gasteiger partial charge in [0, 0.05) is 12.2 Å². The van der Waals surface area contributed by atoms with Crippen molar-refractivity contribution in [1.82, 2.24) is 9.80 Å². The zero-order valence-corrected chi connectivity index (χ0v) is 19.5. The lowest BCUT2D eigenvalue weighted by Crippen LogP contribution is -2.44. The Morgan fingerprint density at radius 1 is 1.00 bits per heavy atom. The molecule has 0 spiro atoms. The van der Waals surface area contributed by atoms with Crippen molar-refractivity contribution in [1.29, 1.82) is 0 Å². The molecule has 7 heteroatoms. The van der Waals surface area contributed by atoms with Gasteiger partial charge in [-0.1, -0.05) is 42.7 Å². The molecule has 2 aliphatic rings. The number of carbonyl (C=O) groups is 3. The van der Waals surface area contributed by atoms with Crippen molar-refractivity contribution in [3.63, 3.8) is 0 Å². The van der Waals surface area contributed by atoms with Crippen molar-refractivity contribution < 1.29 is 19.1 Å². The van der Waals surface area contributed by atoms with Gasteiger partial charge >= 0.3 is 6.03 Å². The first-order valence-corrected chi connectivity index (χ1v) is 11.6. The standard InChI is InChI=1S/C26H31N3O4/c1-18-8-12-21(13-9-18)29-19(2)25(31)28(26(29)32)17-24(30)27-16-6-4-5-7-23(27)20-10-14-22(33-3)15-11-20/h8-15,19,23H,4-7,16-17H2,1-3H3/t19-,23-/m1/s1. The Morgan fingerprint density at radius 2 is 1.70 bits per heavy atom. The van der Waals surface area contributed by atoms with E-state index in [1.165, 1.54) is 4.90 Å². The average Bonchev–Trinajstić information content (AvgIpc) is 3.00. The summed E-state index contributed by atoms with van der Waals surface area (Å²) in [5, 5.41) is 0. The van der Waals surface area contributed by atoms with E-state index in [1.807, 2.05) is 60.4 Å². The molecule has 0 saturated carbocycles. The van der Waals surface area contributed by atoms with E-state index in [4.69, 9.17) is 4.74 Å². The van der Waals surface area contributed by atoms with Gasteiger partial charge in [-0.15, -0.1) is 0 Å². The highest BCUT2D eigenvalue weighted by Crippen LogP contribution is 2.32. The zero-order chi connectivity index (χ0) is 23.5. The highest BCUT2D eigenvalue weighted by molar-refractivity contribution is 6.15. The van der Waals surface area contributed by atoms with Gasteiger partial charge in [0.25, 0.3) is 5.91 Å². The SMILES string of the molecule is COc1ccc([C@H]2CCCCCN2C(=O)CN2C(=O)[C@@H](C)N(c3ccc(C)cc3)C2=O)cc1. The van der Waals surface area contributed by atoms with Crippen LogP contribution in [0.3, 0.4) is 0 Å². The second-order valence-corrected chi connectivity index (χ2v) is 8.81. The topological polar surface area (TPSA) is 70.2 Å². The van der Waals surface area contributed by atoms with Crippen LogP contribution in [0.2, 0.25) is 0 Å². The second kappa shape index (κ2) is 9.65. The van der Waals surface area contributed by atoms with E-state index in [9.17, 15) is 14.4 Å². The Bertz CT molecular complexity index is 1020. The Labute approximate surface area is 194 Å². The van der Waals surface area contributed by atoms with Gasteiger partial charge in [-0.05, 0) is 56.5 Å². The van der Waals surface area contributed by atoms with Crippen LogP contribution in [0.1, 0.15) is 49.8 Å². The quantitative estimate of drug-likeness (QED) is 0.638. The first-order valence-electron chi connectivity index (χ1n) is 11.6. The summed E-state index contributed by atoms with van der Waals surface area (Å²) >= 11 is 0. The van der Waals surface area contributed by atoms with Gasteiger partial charge in [-0.3, -0.25) is 19.4 Å². The number of anilines is 1. The summed E-state index contributed by atoms with van der Waals surface area (Å²) < 4.78 is 5.26. The van der Waals surface area contributed by atoms with Crippen LogP contribution in [0.15, 0.2) is 48.5 Å². The molecule has 2 aliphatic heterocycles. The Balaban J connectivity index is 1.54. The first kappa shape index (κ1) is 22.8. The molecule has 2 aromatic rings.